The first-order valence-corrected chi connectivity index (χ1v) is 8.51. The van der Waals surface area contributed by atoms with Gasteiger partial charge >= 0.3 is 0 Å². The van der Waals surface area contributed by atoms with Crippen molar-refractivity contribution >= 4 is 5.78 Å². The van der Waals surface area contributed by atoms with Gasteiger partial charge in [-0.15, -0.1) is 0 Å². The normalized spacial score (nSPS) is 51.0. The molecule has 4 aliphatic carbocycles. The van der Waals surface area contributed by atoms with Gasteiger partial charge in [0, 0.05) is 11.8 Å². The minimum absolute atomic E-state index is 0.0105. The van der Waals surface area contributed by atoms with E-state index in [2.05, 4.69) is 13.0 Å². The van der Waals surface area contributed by atoms with Crippen LogP contribution in [0.25, 0.3) is 0 Å². The van der Waals surface area contributed by atoms with Crippen LogP contribution in [0.3, 0.4) is 0 Å². The highest BCUT2D eigenvalue weighted by Crippen LogP contribution is 2.60. The lowest BCUT2D eigenvalue weighted by Crippen LogP contribution is -2.46. The van der Waals surface area contributed by atoms with Crippen LogP contribution in [0.5, 0.6) is 0 Å². The van der Waals surface area contributed by atoms with Gasteiger partial charge in [0.2, 0.25) is 0 Å². The van der Waals surface area contributed by atoms with Crippen LogP contribution < -0.4 is 0 Å². The minimum Gasteiger partial charge on any atom is -0.389 e. The van der Waals surface area contributed by atoms with Crippen LogP contribution in [-0.4, -0.2) is 17.0 Å². The van der Waals surface area contributed by atoms with E-state index in [0.717, 1.165) is 43.4 Å². The molecule has 3 saturated carbocycles. The summed E-state index contributed by atoms with van der Waals surface area (Å²) >= 11 is 0. The van der Waals surface area contributed by atoms with Crippen LogP contribution in [0, 0.1) is 29.1 Å². The number of carbonyl (C=O) groups excluding carboxylic acids is 1. The van der Waals surface area contributed by atoms with Crippen LogP contribution in [0.2, 0.25) is 0 Å². The molecule has 2 nitrogen and oxygen atoms in total. The summed E-state index contributed by atoms with van der Waals surface area (Å²) in [5.41, 5.74) is 1.55. The minimum atomic E-state index is -0.195. The van der Waals surface area contributed by atoms with Crippen LogP contribution in [0.4, 0.5) is 0 Å². The fraction of sp³-hybridized carbons (Fsp3) is 0.833. The molecule has 0 saturated heterocycles. The highest BCUT2D eigenvalue weighted by atomic mass is 16.3. The highest BCUT2D eigenvalue weighted by Gasteiger charge is 2.55. The fourth-order valence-electron chi connectivity index (χ4n) is 6.08. The zero-order valence-electron chi connectivity index (χ0n) is 12.5. The van der Waals surface area contributed by atoms with Gasteiger partial charge in [0.1, 0.15) is 5.78 Å². The quantitative estimate of drug-likeness (QED) is 0.687. The first-order chi connectivity index (χ1) is 9.59. The summed E-state index contributed by atoms with van der Waals surface area (Å²) in [6, 6.07) is 0. The molecule has 1 N–H and O–H groups in total. The first-order valence-electron chi connectivity index (χ1n) is 8.51. The summed E-state index contributed by atoms with van der Waals surface area (Å²) in [7, 11) is 0. The maximum absolute atomic E-state index is 12.3. The number of hydrogen-bond donors (Lipinski definition) is 1. The van der Waals surface area contributed by atoms with E-state index in [1.807, 2.05) is 0 Å². The summed E-state index contributed by atoms with van der Waals surface area (Å²) in [5, 5.41) is 9.85. The molecule has 0 amide bonds. The molecule has 2 heteroatoms. The Hall–Kier alpha value is -0.630. The Labute approximate surface area is 121 Å². The smallest absolute Gasteiger partial charge is 0.139 e. The summed E-state index contributed by atoms with van der Waals surface area (Å²) in [6.07, 6.45) is 10.8. The van der Waals surface area contributed by atoms with Crippen LogP contribution in [-0.2, 0) is 4.79 Å². The standard InChI is InChI=1S/C18H26O2/c1-18-9-8-14-13-5-3-12(19)10-11(13)2-4-15(14)16(18)6-7-17(18)20/h10,12-16,19H,2-9H2,1H3/t12?,13?,14?,15?,16?,18-/m0/s1. The molecule has 3 fully saturated rings. The molecule has 0 aromatic heterocycles. The Morgan fingerprint density at radius 2 is 1.95 bits per heavy atom. The van der Waals surface area contributed by atoms with Crippen molar-refractivity contribution in [3.05, 3.63) is 11.6 Å². The van der Waals surface area contributed by atoms with Gasteiger partial charge in [-0.05, 0) is 68.6 Å². The van der Waals surface area contributed by atoms with Gasteiger partial charge in [-0.2, -0.15) is 0 Å². The van der Waals surface area contributed by atoms with Gasteiger partial charge in [0.05, 0.1) is 6.10 Å². The monoisotopic (exact) mass is 274 g/mol. The number of fused-ring (bicyclic) bond motifs is 5. The molecule has 0 aliphatic heterocycles. The number of aliphatic hydroxyl groups excluding tert-OH is 1. The topological polar surface area (TPSA) is 37.3 Å². The van der Waals surface area contributed by atoms with Crippen LogP contribution in [0.15, 0.2) is 11.6 Å². The van der Waals surface area contributed by atoms with Crippen molar-refractivity contribution in [2.75, 3.05) is 0 Å². The number of allylic oxidation sites excluding steroid dienone is 1. The average Bonchev–Trinajstić information content (AvgIpc) is 2.74. The van der Waals surface area contributed by atoms with Crippen molar-refractivity contribution in [2.45, 2.75) is 64.4 Å². The Bertz CT molecular complexity index is 466. The summed E-state index contributed by atoms with van der Waals surface area (Å²) < 4.78 is 0. The Balaban J connectivity index is 1.63. The second-order valence-electron chi connectivity index (χ2n) is 7.88. The van der Waals surface area contributed by atoms with Crippen molar-refractivity contribution in [1.82, 2.24) is 0 Å². The van der Waals surface area contributed by atoms with Crippen LogP contribution in [0.1, 0.15) is 58.3 Å². The molecule has 0 aromatic rings. The third-order valence-corrected chi connectivity index (χ3v) is 7.14. The predicted octanol–water partition coefficient (Wildman–Crippen LogP) is 3.49. The largest absolute Gasteiger partial charge is 0.389 e. The van der Waals surface area contributed by atoms with E-state index in [-0.39, 0.29) is 11.5 Å². The van der Waals surface area contributed by atoms with E-state index < -0.39 is 0 Å². The van der Waals surface area contributed by atoms with Gasteiger partial charge in [-0.1, -0.05) is 18.6 Å². The summed E-state index contributed by atoms with van der Waals surface area (Å²) in [6.45, 7) is 2.25. The molecule has 0 radical (unpaired) electrons. The molecule has 0 aromatic carbocycles. The number of hydrogen-bond acceptors (Lipinski definition) is 2. The van der Waals surface area contributed by atoms with E-state index in [1.54, 1.807) is 0 Å². The van der Waals surface area contributed by atoms with Gasteiger partial charge < -0.3 is 5.11 Å². The number of Topliss-reactive ketones (excluding diaryl/α,β-unsaturated/α-hetero) is 1. The lowest BCUT2D eigenvalue weighted by Gasteiger charge is -2.52. The van der Waals surface area contributed by atoms with E-state index in [1.165, 1.54) is 31.3 Å². The lowest BCUT2D eigenvalue weighted by atomic mass is 9.52. The second kappa shape index (κ2) is 4.43. The molecule has 5 unspecified atom stereocenters. The van der Waals surface area contributed by atoms with Gasteiger partial charge in [-0.25, -0.2) is 0 Å². The molecule has 6 atom stereocenters. The summed E-state index contributed by atoms with van der Waals surface area (Å²) in [5.74, 6) is 3.49. The Morgan fingerprint density at radius 3 is 2.80 bits per heavy atom. The van der Waals surface area contributed by atoms with E-state index in [9.17, 15) is 9.90 Å². The van der Waals surface area contributed by atoms with Crippen molar-refractivity contribution in [3.8, 4) is 0 Å². The molecule has 4 aliphatic rings. The van der Waals surface area contributed by atoms with E-state index in [0.29, 0.717) is 11.7 Å². The average molecular weight is 274 g/mol. The van der Waals surface area contributed by atoms with Gasteiger partial charge in [0.15, 0.2) is 0 Å². The molecule has 0 bridgehead atoms. The molecule has 4 rings (SSSR count). The zero-order chi connectivity index (χ0) is 13.9. The number of carbonyl (C=O) groups is 1. The number of ketones is 1. The Kier molecular flexibility index (Phi) is 2.89. The number of aliphatic hydroxyl groups is 1. The van der Waals surface area contributed by atoms with Crippen LogP contribution >= 0.6 is 0 Å². The maximum Gasteiger partial charge on any atom is 0.139 e. The zero-order valence-corrected chi connectivity index (χ0v) is 12.5. The third kappa shape index (κ3) is 1.70. The highest BCUT2D eigenvalue weighted by molar-refractivity contribution is 5.87. The number of rotatable bonds is 0. The third-order valence-electron chi connectivity index (χ3n) is 7.14. The summed E-state index contributed by atoms with van der Waals surface area (Å²) in [4.78, 5) is 12.3. The van der Waals surface area contributed by atoms with Gasteiger partial charge in [0.25, 0.3) is 0 Å². The molecule has 0 spiro atoms. The first kappa shape index (κ1) is 13.1. The maximum atomic E-state index is 12.3. The Morgan fingerprint density at radius 1 is 1.10 bits per heavy atom. The van der Waals surface area contributed by atoms with Crippen molar-refractivity contribution < 1.29 is 9.90 Å². The molecule has 20 heavy (non-hydrogen) atoms. The van der Waals surface area contributed by atoms with Crippen molar-refractivity contribution in [2.24, 2.45) is 29.1 Å². The second-order valence-corrected chi connectivity index (χ2v) is 7.88. The molecule has 110 valence electrons. The SMILES string of the molecule is C[C@]12CCC3C4CCC(O)C=C4CCC3C1CCC2=O. The lowest BCUT2D eigenvalue weighted by molar-refractivity contribution is -0.131. The van der Waals surface area contributed by atoms with Crippen molar-refractivity contribution in [3.63, 3.8) is 0 Å². The fourth-order valence-corrected chi connectivity index (χ4v) is 6.08. The van der Waals surface area contributed by atoms with Gasteiger partial charge in [-0.3, -0.25) is 4.79 Å². The molecular formula is C18H26O2. The molecular weight excluding hydrogens is 248 g/mol. The predicted molar refractivity (Wildman–Crippen MR) is 78.1 cm³/mol. The van der Waals surface area contributed by atoms with E-state index >= 15 is 0 Å². The van der Waals surface area contributed by atoms with Crippen molar-refractivity contribution in [1.29, 1.82) is 0 Å². The van der Waals surface area contributed by atoms with E-state index in [4.69, 9.17) is 0 Å². The molecule has 0 heterocycles.